The molecule has 2 N–H and O–H groups in total. The second kappa shape index (κ2) is 10.5. The number of amides is 3. The minimum atomic E-state index is -0.582. The van der Waals surface area contributed by atoms with Gasteiger partial charge in [-0.05, 0) is 48.2 Å². The van der Waals surface area contributed by atoms with Crippen LogP contribution in [-0.4, -0.2) is 31.4 Å². The van der Waals surface area contributed by atoms with Crippen LogP contribution in [0.25, 0.3) is 0 Å². The van der Waals surface area contributed by atoms with Gasteiger partial charge in [-0.15, -0.1) is 11.3 Å². The van der Waals surface area contributed by atoms with Gasteiger partial charge in [-0.3, -0.25) is 14.4 Å². The number of anilines is 1. The average Bonchev–Trinajstić information content (AvgIpc) is 3.50. The Morgan fingerprint density at radius 1 is 1.06 bits per heavy atom. The zero-order valence-corrected chi connectivity index (χ0v) is 19.9. The van der Waals surface area contributed by atoms with E-state index < -0.39 is 12.0 Å². The van der Waals surface area contributed by atoms with E-state index >= 15 is 0 Å². The maximum atomic E-state index is 13.1. The zero-order valence-electron chi connectivity index (χ0n) is 19.1. The van der Waals surface area contributed by atoms with E-state index in [1.165, 1.54) is 11.3 Å². The molecule has 4 rings (SSSR count). The van der Waals surface area contributed by atoms with Crippen LogP contribution in [0.1, 0.15) is 28.5 Å². The Balaban J connectivity index is 1.40. The van der Waals surface area contributed by atoms with E-state index in [-0.39, 0.29) is 30.7 Å². The minimum Gasteiger partial charge on any atom is -0.497 e. The molecule has 2 heterocycles. The summed E-state index contributed by atoms with van der Waals surface area (Å²) in [6, 6.07) is 18.5. The van der Waals surface area contributed by atoms with Gasteiger partial charge in [0.25, 0.3) is 0 Å². The zero-order chi connectivity index (χ0) is 24.1. The lowest BCUT2D eigenvalue weighted by molar-refractivity contribution is -0.129. The molecule has 1 aliphatic rings. The smallest absolute Gasteiger partial charge is 0.239 e. The number of aryl methyl sites for hydroxylation is 1. The van der Waals surface area contributed by atoms with Gasteiger partial charge in [-0.1, -0.05) is 35.9 Å². The Hall–Kier alpha value is -3.65. The number of nitrogens with zero attached hydrogens (tertiary/aromatic N) is 1. The lowest BCUT2D eigenvalue weighted by Crippen LogP contribution is -2.41. The number of carbonyl (C=O) groups excluding carboxylic acids is 3. The van der Waals surface area contributed by atoms with Gasteiger partial charge in [0.05, 0.1) is 25.6 Å². The second-order valence-corrected chi connectivity index (χ2v) is 9.19. The van der Waals surface area contributed by atoms with Gasteiger partial charge in [-0.25, -0.2) is 0 Å². The Morgan fingerprint density at radius 3 is 2.44 bits per heavy atom. The first kappa shape index (κ1) is 23.5. The summed E-state index contributed by atoms with van der Waals surface area (Å²) in [4.78, 5) is 41.1. The number of hydrogen-bond acceptors (Lipinski definition) is 5. The van der Waals surface area contributed by atoms with Crippen molar-refractivity contribution in [2.45, 2.75) is 25.9 Å². The highest BCUT2D eigenvalue weighted by Crippen LogP contribution is 2.43. The molecule has 7 nitrogen and oxygen atoms in total. The molecule has 1 fully saturated rings. The van der Waals surface area contributed by atoms with Crippen molar-refractivity contribution in [2.75, 3.05) is 18.6 Å². The molecule has 0 spiro atoms. The monoisotopic (exact) mass is 477 g/mol. The summed E-state index contributed by atoms with van der Waals surface area (Å²) in [6.07, 6.45) is 0.0930. The van der Waals surface area contributed by atoms with Gasteiger partial charge < -0.3 is 20.3 Å². The van der Waals surface area contributed by atoms with Crippen molar-refractivity contribution in [1.82, 2.24) is 10.6 Å². The Morgan fingerprint density at radius 2 is 1.79 bits per heavy atom. The van der Waals surface area contributed by atoms with E-state index in [0.717, 1.165) is 27.4 Å². The molecule has 176 valence electrons. The standard InChI is InChI=1S/C26H27N3O4S/c1-17-5-9-19(10-6-17)29-24(31)14-21(25(29)22-4-3-13-34-22)26(32)28-16-23(30)27-15-18-7-11-20(33-2)12-8-18/h3-13,21,25H,14-16H2,1-2H3,(H,27,30)(H,28,32). The first-order valence-electron chi connectivity index (χ1n) is 11.1. The van der Waals surface area contributed by atoms with Crippen LogP contribution in [0.2, 0.25) is 0 Å². The molecule has 2 unspecified atom stereocenters. The number of carbonyl (C=O) groups is 3. The van der Waals surface area contributed by atoms with Crippen molar-refractivity contribution in [1.29, 1.82) is 0 Å². The Labute approximate surface area is 202 Å². The number of rotatable bonds is 8. The molecule has 3 aromatic rings. The predicted octanol–water partition coefficient (Wildman–Crippen LogP) is 3.59. The van der Waals surface area contributed by atoms with Crippen LogP contribution < -0.4 is 20.3 Å². The maximum Gasteiger partial charge on any atom is 0.239 e. The maximum absolute atomic E-state index is 13.1. The highest BCUT2D eigenvalue weighted by atomic mass is 32.1. The molecule has 1 aromatic heterocycles. The summed E-state index contributed by atoms with van der Waals surface area (Å²) in [5.74, 6) is -0.542. The number of hydrogen-bond donors (Lipinski definition) is 2. The molecule has 0 radical (unpaired) electrons. The first-order valence-corrected chi connectivity index (χ1v) is 11.9. The third kappa shape index (κ3) is 5.28. The molecule has 0 bridgehead atoms. The lowest BCUT2D eigenvalue weighted by atomic mass is 9.97. The summed E-state index contributed by atoms with van der Waals surface area (Å²) >= 11 is 1.52. The largest absolute Gasteiger partial charge is 0.497 e. The topological polar surface area (TPSA) is 87.7 Å². The summed E-state index contributed by atoms with van der Waals surface area (Å²) in [6.45, 7) is 2.18. The van der Waals surface area contributed by atoms with E-state index in [1.807, 2.05) is 73.0 Å². The number of methoxy groups -OCH3 is 1. The molecule has 3 amide bonds. The van der Waals surface area contributed by atoms with Crippen molar-refractivity contribution in [3.8, 4) is 5.75 Å². The van der Waals surface area contributed by atoms with Crippen molar-refractivity contribution in [3.63, 3.8) is 0 Å². The quantitative estimate of drug-likeness (QED) is 0.519. The molecule has 1 aliphatic heterocycles. The van der Waals surface area contributed by atoms with Gasteiger partial charge in [0.1, 0.15) is 5.75 Å². The normalized spacial score (nSPS) is 17.5. The third-order valence-corrected chi connectivity index (χ3v) is 6.82. The summed E-state index contributed by atoms with van der Waals surface area (Å²) in [7, 11) is 1.60. The van der Waals surface area contributed by atoms with Crippen molar-refractivity contribution >= 4 is 34.7 Å². The summed E-state index contributed by atoms with van der Waals surface area (Å²) < 4.78 is 5.13. The summed E-state index contributed by atoms with van der Waals surface area (Å²) in [5, 5.41) is 7.46. The number of thiophene rings is 1. The molecule has 0 saturated carbocycles. The molecule has 1 saturated heterocycles. The highest BCUT2D eigenvalue weighted by molar-refractivity contribution is 7.10. The van der Waals surface area contributed by atoms with Crippen LogP contribution >= 0.6 is 11.3 Å². The number of benzene rings is 2. The lowest BCUT2D eigenvalue weighted by Gasteiger charge is -2.27. The van der Waals surface area contributed by atoms with Gasteiger partial charge in [-0.2, -0.15) is 0 Å². The van der Waals surface area contributed by atoms with E-state index in [0.29, 0.717) is 6.54 Å². The van der Waals surface area contributed by atoms with Gasteiger partial charge in [0.15, 0.2) is 0 Å². The average molecular weight is 478 g/mol. The van der Waals surface area contributed by atoms with E-state index in [2.05, 4.69) is 10.6 Å². The van der Waals surface area contributed by atoms with Gasteiger partial charge >= 0.3 is 0 Å². The van der Waals surface area contributed by atoms with Crippen molar-refractivity contribution < 1.29 is 19.1 Å². The molecule has 34 heavy (non-hydrogen) atoms. The summed E-state index contributed by atoms with van der Waals surface area (Å²) in [5.41, 5.74) is 2.79. The van der Waals surface area contributed by atoms with E-state index in [9.17, 15) is 14.4 Å². The first-order chi connectivity index (χ1) is 16.5. The molecule has 8 heteroatoms. The minimum absolute atomic E-state index is 0.0930. The van der Waals surface area contributed by atoms with Crippen LogP contribution in [0.5, 0.6) is 5.75 Å². The van der Waals surface area contributed by atoms with Gasteiger partial charge in [0, 0.05) is 23.5 Å². The molecular weight excluding hydrogens is 450 g/mol. The third-order valence-electron chi connectivity index (χ3n) is 5.88. The predicted molar refractivity (Wildman–Crippen MR) is 132 cm³/mol. The highest BCUT2D eigenvalue weighted by Gasteiger charge is 2.45. The van der Waals surface area contributed by atoms with Crippen LogP contribution in [0.4, 0.5) is 5.69 Å². The molecule has 0 aliphatic carbocycles. The molecular formula is C26H27N3O4S. The van der Waals surface area contributed by atoms with Crippen LogP contribution in [0.3, 0.4) is 0 Å². The van der Waals surface area contributed by atoms with Crippen molar-refractivity contribution in [3.05, 3.63) is 82.0 Å². The second-order valence-electron chi connectivity index (χ2n) is 8.21. The fourth-order valence-electron chi connectivity index (χ4n) is 4.07. The van der Waals surface area contributed by atoms with E-state index in [1.54, 1.807) is 12.0 Å². The molecule has 2 atom stereocenters. The Kier molecular flexibility index (Phi) is 7.27. The number of ether oxygens (including phenoxy) is 1. The van der Waals surface area contributed by atoms with Crippen LogP contribution in [0, 0.1) is 12.8 Å². The fourth-order valence-corrected chi connectivity index (χ4v) is 4.95. The van der Waals surface area contributed by atoms with Crippen LogP contribution in [0.15, 0.2) is 66.0 Å². The van der Waals surface area contributed by atoms with E-state index in [4.69, 9.17) is 4.74 Å². The van der Waals surface area contributed by atoms with Crippen LogP contribution in [-0.2, 0) is 20.9 Å². The van der Waals surface area contributed by atoms with Gasteiger partial charge in [0.2, 0.25) is 17.7 Å². The molecule has 2 aromatic carbocycles. The SMILES string of the molecule is COc1ccc(CNC(=O)CNC(=O)C2CC(=O)N(c3ccc(C)cc3)C2c2cccs2)cc1. The van der Waals surface area contributed by atoms with Crippen molar-refractivity contribution in [2.24, 2.45) is 5.92 Å². The number of nitrogens with one attached hydrogen (secondary N) is 2. The fraction of sp³-hybridized carbons (Fsp3) is 0.269. The Bertz CT molecular complexity index is 1140.